The Morgan fingerprint density at radius 2 is 2.10 bits per heavy atom. The lowest BCUT2D eigenvalue weighted by molar-refractivity contribution is 0.00944. The molecule has 29 heavy (non-hydrogen) atoms. The summed E-state index contributed by atoms with van der Waals surface area (Å²) in [6.07, 6.45) is 1.27. The molecule has 152 valence electrons. The molecule has 0 bridgehead atoms. The van der Waals surface area contributed by atoms with Crippen LogP contribution in [0.15, 0.2) is 29.3 Å². The van der Waals surface area contributed by atoms with Crippen LogP contribution in [-0.2, 0) is 5.60 Å². The third kappa shape index (κ3) is 4.32. The minimum atomic E-state index is -0.865. The summed E-state index contributed by atoms with van der Waals surface area (Å²) in [7, 11) is 0. The molecule has 1 saturated heterocycles. The smallest absolute Gasteiger partial charge is 0.183 e. The van der Waals surface area contributed by atoms with Crippen molar-refractivity contribution in [2.24, 2.45) is 0 Å². The molecule has 1 aliphatic rings. The molecule has 5 nitrogen and oxygen atoms in total. The van der Waals surface area contributed by atoms with Gasteiger partial charge in [-0.1, -0.05) is 23.4 Å². The number of thioether (sulfide) groups is 1. The van der Waals surface area contributed by atoms with Crippen molar-refractivity contribution in [1.29, 1.82) is 0 Å². The van der Waals surface area contributed by atoms with Crippen LogP contribution >= 0.6 is 34.7 Å². The molecule has 0 amide bonds. The lowest BCUT2D eigenvalue weighted by Gasteiger charge is -2.31. The molecule has 0 radical (unpaired) electrons. The van der Waals surface area contributed by atoms with E-state index in [1.807, 2.05) is 6.07 Å². The number of fused-ring (bicyclic) bond motifs is 1. The maximum Gasteiger partial charge on any atom is 0.183 e. The van der Waals surface area contributed by atoms with Gasteiger partial charge in [0.2, 0.25) is 0 Å². The standard InChI is InChI=1S/C20H19ClFN3O2S2/c1-11-24-18-13(8-12(21)9-14(18)22)19(25-11)28-10-15(26)16-2-3-17(29-16)20(27)4-6-23-7-5-20/h2-3,8-9,23,27H,4-7,10H2,1H3. The number of carbonyl (C=O) groups excluding carboxylic acids is 1. The Bertz CT molecular complexity index is 1080. The average Bonchev–Trinajstić information content (AvgIpc) is 3.18. The van der Waals surface area contributed by atoms with Gasteiger partial charge in [0.05, 0.1) is 10.6 Å². The number of thiophene rings is 1. The van der Waals surface area contributed by atoms with E-state index in [0.29, 0.717) is 34.0 Å². The van der Waals surface area contributed by atoms with E-state index in [0.717, 1.165) is 18.0 Å². The van der Waals surface area contributed by atoms with Gasteiger partial charge in [0, 0.05) is 15.3 Å². The molecule has 1 aromatic carbocycles. The molecule has 0 unspecified atom stereocenters. The van der Waals surface area contributed by atoms with Gasteiger partial charge in [0.25, 0.3) is 0 Å². The van der Waals surface area contributed by atoms with Crippen LogP contribution in [0.25, 0.3) is 10.9 Å². The molecule has 2 N–H and O–H groups in total. The highest BCUT2D eigenvalue weighted by Gasteiger charge is 2.33. The fourth-order valence-corrected chi connectivity index (χ4v) is 5.69. The maximum absolute atomic E-state index is 14.2. The van der Waals surface area contributed by atoms with Crippen LogP contribution in [0.2, 0.25) is 5.02 Å². The van der Waals surface area contributed by atoms with Crippen LogP contribution in [-0.4, -0.2) is 39.7 Å². The van der Waals surface area contributed by atoms with Crippen LogP contribution in [0.4, 0.5) is 4.39 Å². The molecule has 0 saturated carbocycles. The first-order valence-electron chi connectivity index (χ1n) is 9.18. The van der Waals surface area contributed by atoms with E-state index in [2.05, 4.69) is 15.3 Å². The Morgan fingerprint density at radius 3 is 2.86 bits per heavy atom. The van der Waals surface area contributed by atoms with Gasteiger partial charge in [0.1, 0.15) is 22.0 Å². The summed E-state index contributed by atoms with van der Waals surface area (Å²) >= 11 is 8.56. The molecule has 0 aliphatic carbocycles. The number of aromatic nitrogens is 2. The summed E-state index contributed by atoms with van der Waals surface area (Å²) in [5.74, 6) is 0.0137. The molecule has 0 spiro atoms. The highest BCUT2D eigenvalue weighted by molar-refractivity contribution is 8.00. The average molecular weight is 452 g/mol. The molecule has 2 aromatic heterocycles. The van der Waals surface area contributed by atoms with Crippen molar-refractivity contribution < 1.29 is 14.3 Å². The SMILES string of the molecule is Cc1nc(SCC(=O)c2ccc(C3(O)CCNCC3)s2)c2cc(Cl)cc(F)c2n1. The summed E-state index contributed by atoms with van der Waals surface area (Å²) < 4.78 is 14.2. The number of hydrogen-bond donors (Lipinski definition) is 2. The third-order valence-corrected chi connectivity index (χ3v) is 7.43. The number of rotatable bonds is 5. The summed E-state index contributed by atoms with van der Waals surface area (Å²) in [6.45, 7) is 3.20. The van der Waals surface area contributed by atoms with Crippen molar-refractivity contribution in [2.45, 2.75) is 30.4 Å². The second-order valence-corrected chi connectivity index (χ2v) is 9.50. The number of carbonyl (C=O) groups is 1. The van der Waals surface area contributed by atoms with E-state index in [1.54, 1.807) is 19.1 Å². The molecule has 9 heteroatoms. The van der Waals surface area contributed by atoms with Crippen molar-refractivity contribution in [3.8, 4) is 0 Å². The summed E-state index contributed by atoms with van der Waals surface area (Å²) in [5.41, 5.74) is -0.668. The van der Waals surface area contributed by atoms with Crippen molar-refractivity contribution in [2.75, 3.05) is 18.8 Å². The van der Waals surface area contributed by atoms with Crippen LogP contribution in [0.1, 0.15) is 33.2 Å². The van der Waals surface area contributed by atoms with E-state index in [-0.39, 0.29) is 22.1 Å². The highest BCUT2D eigenvalue weighted by atomic mass is 35.5. The summed E-state index contributed by atoms with van der Waals surface area (Å²) in [6, 6.07) is 6.44. The van der Waals surface area contributed by atoms with Crippen molar-refractivity contribution in [3.63, 3.8) is 0 Å². The zero-order valence-corrected chi connectivity index (χ0v) is 18.1. The Balaban J connectivity index is 1.53. The first-order chi connectivity index (χ1) is 13.9. The number of aliphatic hydroxyl groups is 1. The van der Waals surface area contributed by atoms with Gasteiger partial charge >= 0.3 is 0 Å². The number of hydrogen-bond acceptors (Lipinski definition) is 7. The molecule has 1 fully saturated rings. The molecular formula is C20H19ClFN3O2S2. The van der Waals surface area contributed by atoms with E-state index < -0.39 is 11.4 Å². The molecule has 3 heterocycles. The van der Waals surface area contributed by atoms with E-state index in [9.17, 15) is 14.3 Å². The highest BCUT2D eigenvalue weighted by Crippen LogP contribution is 2.36. The van der Waals surface area contributed by atoms with Crippen molar-refractivity contribution in [1.82, 2.24) is 15.3 Å². The summed E-state index contributed by atoms with van der Waals surface area (Å²) in [5, 5.41) is 15.3. The number of nitrogens with zero attached hydrogens (tertiary/aromatic N) is 2. The van der Waals surface area contributed by atoms with Crippen molar-refractivity contribution in [3.05, 3.63) is 50.7 Å². The van der Waals surface area contributed by atoms with Gasteiger partial charge in [0.15, 0.2) is 11.6 Å². The van der Waals surface area contributed by atoms with E-state index in [4.69, 9.17) is 11.6 Å². The normalized spacial score (nSPS) is 16.3. The molecule has 3 aromatic rings. The van der Waals surface area contributed by atoms with Gasteiger partial charge in [-0.2, -0.15) is 0 Å². The predicted octanol–water partition coefficient (Wildman–Crippen LogP) is 4.34. The minimum absolute atomic E-state index is 0.0595. The van der Waals surface area contributed by atoms with Crippen LogP contribution < -0.4 is 5.32 Å². The molecule has 4 rings (SSSR count). The quantitative estimate of drug-likeness (QED) is 0.341. The second kappa shape index (κ2) is 8.28. The number of benzene rings is 1. The number of nitrogens with one attached hydrogen (secondary N) is 1. The first kappa shape index (κ1) is 20.7. The molecular weight excluding hydrogens is 433 g/mol. The van der Waals surface area contributed by atoms with Gasteiger partial charge in [-0.05, 0) is 57.1 Å². The Hall–Kier alpha value is -1.58. The van der Waals surface area contributed by atoms with Crippen LogP contribution in [0.3, 0.4) is 0 Å². The molecule has 0 atom stereocenters. The monoisotopic (exact) mass is 451 g/mol. The zero-order chi connectivity index (χ0) is 20.6. The topological polar surface area (TPSA) is 75.1 Å². The lowest BCUT2D eigenvalue weighted by Crippen LogP contribution is -2.39. The van der Waals surface area contributed by atoms with Gasteiger partial charge in [-0.15, -0.1) is 11.3 Å². The number of piperidine rings is 1. The zero-order valence-electron chi connectivity index (χ0n) is 15.7. The fraction of sp³-hybridized carbons (Fsp3) is 0.350. The lowest BCUT2D eigenvalue weighted by atomic mass is 9.91. The Morgan fingerprint density at radius 1 is 1.34 bits per heavy atom. The van der Waals surface area contributed by atoms with E-state index in [1.165, 1.54) is 29.2 Å². The first-order valence-corrected chi connectivity index (χ1v) is 11.4. The van der Waals surface area contributed by atoms with E-state index >= 15 is 0 Å². The Kier molecular flexibility index (Phi) is 5.90. The number of aryl methyl sites for hydroxylation is 1. The van der Waals surface area contributed by atoms with Gasteiger partial charge < -0.3 is 10.4 Å². The summed E-state index contributed by atoms with van der Waals surface area (Å²) in [4.78, 5) is 22.7. The van der Waals surface area contributed by atoms with Crippen LogP contribution in [0.5, 0.6) is 0 Å². The predicted molar refractivity (Wildman–Crippen MR) is 115 cm³/mol. The Labute approximate surface area is 180 Å². The fourth-order valence-electron chi connectivity index (χ4n) is 3.38. The molecule has 1 aliphatic heterocycles. The maximum atomic E-state index is 14.2. The number of Topliss-reactive ketones (excluding diaryl/α,β-unsaturated/α-hetero) is 1. The van der Waals surface area contributed by atoms with Crippen LogP contribution in [0, 0.1) is 12.7 Å². The largest absolute Gasteiger partial charge is 0.384 e. The number of ketones is 1. The third-order valence-electron chi connectivity index (χ3n) is 4.91. The minimum Gasteiger partial charge on any atom is -0.384 e. The van der Waals surface area contributed by atoms with Gasteiger partial charge in [-0.3, -0.25) is 4.79 Å². The number of halogens is 2. The van der Waals surface area contributed by atoms with Gasteiger partial charge in [-0.25, -0.2) is 14.4 Å². The second-order valence-electron chi connectivity index (χ2n) is 7.02. The van der Waals surface area contributed by atoms with Crippen molar-refractivity contribution >= 4 is 51.4 Å².